The molecule has 0 bridgehead atoms. The van der Waals surface area contributed by atoms with Crippen molar-refractivity contribution in [2.75, 3.05) is 0 Å². The van der Waals surface area contributed by atoms with E-state index in [1.165, 1.54) is 54.6 Å². The highest BCUT2D eigenvalue weighted by Gasteiger charge is 2.43. The van der Waals surface area contributed by atoms with E-state index in [9.17, 15) is 0 Å². The summed E-state index contributed by atoms with van der Waals surface area (Å²) in [6.45, 7) is 4.44. The van der Waals surface area contributed by atoms with Crippen LogP contribution in [-0.4, -0.2) is 5.60 Å². The van der Waals surface area contributed by atoms with Gasteiger partial charge in [0.25, 0.3) is 0 Å². The Morgan fingerprint density at radius 3 is 1.86 bits per heavy atom. The number of benzene rings is 6. The van der Waals surface area contributed by atoms with Gasteiger partial charge in [-0.15, -0.1) is 0 Å². The van der Waals surface area contributed by atoms with Gasteiger partial charge in [0.2, 0.25) is 0 Å². The van der Waals surface area contributed by atoms with Crippen LogP contribution in [0, 0.1) is 0 Å². The van der Waals surface area contributed by atoms with Crippen LogP contribution in [0.25, 0.3) is 43.4 Å². The van der Waals surface area contributed by atoms with Gasteiger partial charge in [-0.05, 0) is 75.0 Å². The second kappa shape index (κ2) is 7.45. The first-order chi connectivity index (χ1) is 17.1. The Kier molecular flexibility index (Phi) is 4.32. The second-order valence-corrected chi connectivity index (χ2v) is 10.1. The highest BCUT2D eigenvalue weighted by atomic mass is 16.5. The summed E-state index contributed by atoms with van der Waals surface area (Å²) in [4.78, 5) is 0. The average molecular weight is 451 g/mol. The van der Waals surface area contributed by atoms with E-state index in [0.29, 0.717) is 0 Å². The standard InChI is InChI=1S/C34H26O/c1-34(2)33(29-17-9-10-18-30(29)35-34)32-27-15-7-5-13-25(27)31(26-14-6-8-16-28(26)32)24-20-19-22-11-3-4-12-23(22)21-24/h3-21,33H,1-2H3. The Labute approximate surface area is 205 Å². The quantitative estimate of drug-likeness (QED) is 0.239. The van der Waals surface area contributed by atoms with Crippen LogP contribution < -0.4 is 4.74 Å². The molecule has 0 N–H and O–H groups in total. The number of hydrogen-bond acceptors (Lipinski definition) is 1. The fourth-order valence-electron chi connectivity index (χ4n) is 6.16. The Balaban J connectivity index is 1.61. The summed E-state index contributed by atoms with van der Waals surface area (Å²) in [5.41, 5.74) is 4.84. The van der Waals surface area contributed by atoms with Crippen LogP contribution in [0.15, 0.2) is 115 Å². The molecule has 1 nitrogen and oxygen atoms in total. The molecule has 0 amide bonds. The molecule has 1 atom stereocenters. The molecule has 0 spiro atoms. The first kappa shape index (κ1) is 20.3. The number of hydrogen-bond donors (Lipinski definition) is 0. The zero-order valence-corrected chi connectivity index (χ0v) is 20.0. The molecule has 0 aliphatic carbocycles. The fourth-order valence-corrected chi connectivity index (χ4v) is 6.16. The summed E-state index contributed by atoms with van der Waals surface area (Å²) < 4.78 is 6.52. The normalized spacial score (nSPS) is 16.5. The molecule has 1 heteroatoms. The lowest BCUT2D eigenvalue weighted by molar-refractivity contribution is 0.123. The van der Waals surface area contributed by atoms with E-state index >= 15 is 0 Å². The van der Waals surface area contributed by atoms with E-state index in [2.05, 4.69) is 129 Å². The van der Waals surface area contributed by atoms with E-state index in [0.717, 1.165) is 5.75 Å². The minimum absolute atomic E-state index is 0.138. The summed E-state index contributed by atoms with van der Waals surface area (Å²) in [6.07, 6.45) is 0. The maximum atomic E-state index is 6.52. The van der Waals surface area contributed by atoms with Gasteiger partial charge in [-0.1, -0.05) is 103 Å². The van der Waals surface area contributed by atoms with Gasteiger partial charge >= 0.3 is 0 Å². The Morgan fingerprint density at radius 2 is 1.14 bits per heavy atom. The van der Waals surface area contributed by atoms with Gasteiger partial charge < -0.3 is 4.74 Å². The minimum atomic E-state index is -0.348. The van der Waals surface area contributed by atoms with E-state index in [1.54, 1.807) is 0 Å². The molecule has 6 aromatic carbocycles. The molecule has 0 radical (unpaired) electrons. The van der Waals surface area contributed by atoms with Gasteiger partial charge in [-0.3, -0.25) is 0 Å². The van der Waals surface area contributed by atoms with Crippen molar-refractivity contribution in [2.24, 2.45) is 0 Å². The molecular weight excluding hydrogens is 424 g/mol. The highest BCUT2D eigenvalue weighted by molar-refractivity contribution is 6.16. The average Bonchev–Trinajstić information content (AvgIpc) is 3.16. The van der Waals surface area contributed by atoms with Crippen LogP contribution in [0.5, 0.6) is 5.75 Å². The summed E-state index contributed by atoms with van der Waals surface area (Å²) >= 11 is 0. The second-order valence-electron chi connectivity index (χ2n) is 10.1. The van der Waals surface area contributed by atoms with Gasteiger partial charge in [-0.2, -0.15) is 0 Å². The van der Waals surface area contributed by atoms with Crippen molar-refractivity contribution in [3.05, 3.63) is 126 Å². The summed E-state index contributed by atoms with van der Waals surface area (Å²) in [5.74, 6) is 1.13. The molecule has 1 unspecified atom stereocenters. The molecule has 1 heterocycles. The maximum absolute atomic E-state index is 6.52. The van der Waals surface area contributed by atoms with Gasteiger partial charge in [0, 0.05) is 5.56 Å². The predicted octanol–water partition coefficient (Wildman–Crippen LogP) is 9.12. The summed E-state index contributed by atoms with van der Waals surface area (Å²) in [5, 5.41) is 7.71. The molecule has 168 valence electrons. The van der Waals surface area contributed by atoms with Crippen LogP contribution in [0.1, 0.15) is 30.9 Å². The lowest BCUT2D eigenvalue weighted by Crippen LogP contribution is -2.31. The first-order valence-electron chi connectivity index (χ1n) is 12.3. The predicted molar refractivity (Wildman–Crippen MR) is 147 cm³/mol. The summed E-state index contributed by atoms with van der Waals surface area (Å²) in [7, 11) is 0. The van der Waals surface area contributed by atoms with Crippen LogP contribution in [0.3, 0.4) is 0 Å². The lowest BCUT2D eigenvalue weighted by atomic mass is 9.75. The molecule has 0 saturated heterocycles. The zero-order valence-electron chi connectivity index (χ0n) is 20.0. The monoisotopic (exact) mass is 450 g/mol. The van der Waals surface area contributed by atoms with Gasteiger partial charge in [0.15, 0.2) is 0 Å². The van der Waals surface area contributed by atoms with Crippen LogP contribution in [0.2, 0.25) is 0 Å². The van der Waals surface area contributed by atoms with Gasteiger partial charge in [-0.25, -0.2) is 0 Å². The number of para-hydroxylation sites is 1. The van der Waals surface area contributed by atoms with Crippen molar-refractivity contribution in [3.8, 4) is 16.9 Å². The summed E-state index contributed by atoms with van der Waals surface area (Å²) in [6, 6.07) is 41.8. The fraction of sp³-hybridized carbons (Fsp3) is 0.118. The van der Waals surface area contributed by atoms with E-state index < -0.39 is 0 Å². The minimum Gasteiger partial charge on any atom is -0.487 e. The van der Waals surface area contributed by atoms with Gasteiger partial charge in [0.05, 0.1) is 5.92 Å². The van der Waals surface area contributed by atoms with Crippen LogP contribution >= 0.6 is 0 Å². The number of ether oxygens (including phenoxy) is 1. The van der Waals surface area contributed by atoms with Crippen molar-refractivity contribution in [3.63, 3.8) is 0 Å². The third kappa shape index (κ3) is 3.01. The van der Waals surface area contributed by atoms with Crippen LogP contribution in [-0.2, 0) is 0 Å². The maximum Gasteiger partial charge on any atom is 0.124 e. The highest BCUT2D eigenvalue weighted by Crippen LogP contribution is 2.53. The number of rotatable bonds is 2. The SMILES string of the molecule is CC1(C)Oc2ccccc2C1c1c2ccccc2c(-c2ccc3ccccc3c2)c2ccccc12. The van der Waals surface area contributed by atoms with Crippen molar-refractivity contribution in [1.29, 1.82) is 0 Å². The Bertz CT molecular complexity index is 1700. The zero-order chi connectivity index (χ0) is 23.6. The van der Waals surface area contributed by atoms with E-state index in [-0.39, 0.29) is 11.5 Å². The molecule has 0 fully saturated rings. The third-order valence-corrected chi connectivity index (χ3v) is 7.60. The Hall–Kier alpha value is -4.10. The molecule has 1 aliphatic rings. The first-order valence-corrected chi connectivity index (χ1v) is 12.3. The largest absolute Gasteiger partial charge is 0.487 e. The molecule has 35 heavy (non-hydrogen) atoms. The smallest absolute Gasteiger partial charge is 0.124 e. The molecular formula is C34H26O. The number of fused-ring (bicyclic) bond motifs is 4. The third-order valence-electron chi connectivity index (χ3n) is 7.60. The van der Waals surface area contributed by atoms with Gasteiger partial charge in [0.1, 0.15) is 11.4 Å². The van der Waals surface area contributed by atoms with Crippen LogP contribution in [0.4, 0.5) is 0 Å². The van der Waals surface area contributed by atoms with Crippen molar-refractivity contribution in [1.82, 2.24) is 0 Å². The molecule has 7 rings (SSSR count). The van der Waals surface area contributed by atoms with E-state index in [4.69, 9.17) is 4.74 Å². The topological polar surface area (TPSA) is 9.23 Å². The Morgan fingerprint density at radius 1 is 0.571 bits per heavy atom. The molecule has 1 aliphatic heterocycles. The lowest BCUT2D eigenvalue weighted by Gasteiger charge is -2.30. The molecule has 6 aromatic rings. The molecule has 0 aromatic heterocycles. The van der Waals surface area contributed by atoms with E-state index in [1.807, 2.05) is 0 Å². The molecule has 0 saturated carbocycles. The van der Waals surface area contributed by atoms with Crippen molar-refractivity contribution >= 4 is 32.3 Å². The van der Waals surface area contributed by atoms with Crippen molar-refractivity contribution < 1.29 is 4.74 Å². The van der Waals surface area contributed by atoms with Crippen molar-refractivity contribution in [2.45, 2.75) is 25.4 Å².